The first kappa shape index (κ1) is 4.24. The highest BCUT2D eigenvalue weighted by molar-refractivity contribution is 5.79. The van der Waals surface area contributed by atoms with E-state index in [9.17, 15) is 4.79 Å². The molecule has 0 aromatic carbocycles. The van der Waals surface area contributed by atoms with Gasteiger partial charge in [-0.25, -0.2) is 4.79 Å². The van der Waals surface area contributed by atoms with Crippen molar-refractivity contribution in [2.45, 2.75) is 6.42 Å². The summed E-state index contributed by atoms with van der Waals surface area (Å²) in [4.78, 5) is 12.8. The first-order valence-electron chi connectivity index (χ1n) is 2.17. The van der Waals surface area contributed by atoms with Gasteiger partial charge in [0.15, 0.2) is 6.21 Å². The van der Waals surface area contributed by atoms with Crippen LogP contribution in [0.1, 0.15) is 6.42 Å². The number of allylic oxidation sites excluding steroid dienone is 1. The van der Waals surface area contributed by atoms with E-state index in [1.165, 1.54) is 0 Å². The van der Waals surface area contributed by atoms with Crippen LogP contribution in [-0.4, -0.2) is 12.1 Å². The molecule has 1 aliphatic rings. The summed E-state index contributed by atoms with van der Waals surface area (Å²) in [6, 6.07) is 0. The van der Waals surface area contributed by atoms with Crippen molar-refractivity contribution in [3.05, 3.63) is 12.2 Å². The van der Waals surface area contributed by atoms with Gasteiger partial charge < -0.3 is 0 Å². The second-order valence-corrected chi connectivity index (χ2v) is 1.37. The van der Waals surface area contributed by atoms with Crippen LogP contribution in [0.5, 0.6) is 0 Å². The second-order valence-electron chi connectivity index (χ2n) is 1.37. The molecular weight excluding hydrogens is 90.1 g/mol. The van der Waals surface area contributed by atoms with Gasteiger partial charge in [0.25, 0.3) is 0 Å². The molecule has 36 valence electrons. The Morgan fingerprint density at radius 3 is 2.86 bits per heavy atom. The van der Waals surface area contributed by atoms with E-state index in [1.54, 1.807) is 6.21 Å². The van der Waals surface area contributed by atoms with Crippen LogP contribution < -0.4 is 4.99 Å². The zero-order chi connectivity index (χ0) is 5.11. The van der Waals surface area contributed by atoms with Gasteiger partial charge >= 0.3 is 5.91 Å². The van der Waals surface area contributed by atoms with Crippen LogP contribution >= 0.6 is 0 Å². The number of rotatable bonds is 0. The summed E-state index contributed by atoms with van der Waals surface area (Å²) in [6.45, 7) is 0. The lowest BCUT2D eigenvalue weighted by Gasteiger charge is -1.81. The monoisotopic (exact) mass is 96.0 g/mol. The molecule has 2 nitrogen and oxygen atoms in total. The average Bonchev–Trinajstić information content (AvgIpc) is 1.69. The summed E-state index contributed by atoms with van der Waals surface area (Å²) in [6.07, 6.45) is 5.79. The molecule has 0 aromatic rings. The molecule has 0 spiro atoms. The highest BCUT2D eigenvalue weighted by Crippen LogP contribution is 1.77. The van der Waals surface area contributed by atoms with E-state index in [0.29, 0.717) is 6.42 Å². The van der Waals surface area contributed by atoms with E-state index in [1.807, 2.05) is 12.2 Å². The molecule has 0 fully saturated rings. The molecule has 0 bridgehead atoms. The Kier molecular flexibility index (Phi) is 1.02. The Hall–Kier alpha value is -0.920. The number of carbonyl (C=O) groups excluding carboxylic acids is 1. The number of hydrogen-bond donors (Lipinski definition) is 1. The summed E-state index contributed by atoms with van der Waals surface area (Å²) < 4.78 is 0. The van der Waals surface area contributed by atoms with Gasteiger partial charge in [0, 0.05) is 0 Å². The molecular formula is C5H6NO+. The minimum absolute atomic E-state index is 0.0718. The fourth-order valence-electron chi connectivity index (χ4n) is 0.443. The SMILES string of the molecule is O=C1CC=CC=[NH+]1. The van der Waals surface area contributed by atoms with Gasteiger partial charge in [0.1, 0.15) is 0 Å². The Morgan fingerprint density at radius 2 is 2.57 bits per heavy atom. The van der Waals surface area contributed by atoms with Gasteiger partial charge in [-0.15, -0.1) is 0 Å². The summed E-state index contributed by atoms with van der Waals surface area (Å²) in [5.41, 5.74) is 0. The van der Waals surface area contributed by atoms with Crippen molar-refractivity contribution in [3.63, 3.8) is 0 Å². The van der Waals surface area contributed by atoms with E-state index in [4.69, 9.17) is 0 Å². The normalized spacial score (nSPS) is 18.0. The molecule has 0 saturated carbocycles. The highest BCUT2D eigenvalue weighted by Gasteiger charge is 2.01. The van der Waals surface area contributed by atoms with Crippen LogP contribution in [0.2, 0.25) is 0 Å². The predicted octanol–water partition coefficient (Wildman–Crippen LogP) is -1.38. The van der Waals surface area contributed by atoms with Gasteiger partial charge in [-0.3, -0.25) is 0 Å². The van der Waals surface area contributed by atoms with Crippen LogP contribution in [0.4, 0.5) is 0 Å². The van der Waals surface area contributed by atoms with E-state index in [0.717, 1.165) is 0 Å². The van der Waals surface area contributed by atoms with Crippen molar-refractivity contribution in [1.82, 2.24) is 0 Å². The molecule has 0 unspecified atom stereocenters. The Bertz CT molecular complexity index is 135. The van der Waals surface area contributed by atoms with Crippen LogP contribution in [0.3, 0.4) is 0 Å². The molecule has 1 amide bonds. The maximum absolute atomic E-state index is 10.3. The third-order valence-corrected chi connectivity index (χ3v) is 0.780. The van der Waals surface area contributed by atoms with Crippen molar-refractivity contribution in [2.24, 2.45) is 0 Å². The third kappa shape index (κ3) is 0.961. The molecule has 0 aliphatic carbocycles. The molecule has 0 radical (unpaired) electrons. The fourth-order valence-corrected chi connectivity index (χ4v) is 0.443. The highest BCUT2D eigenvalue weighted by atomic mass is 16.1. The van der Waals surface area contributed by atoms with Gasteiger partial charge in [-0.2, -0.15) is 4.99 Å². The van der Waals surface area contributed by atoms with Crippen molar-refractivity contribution in [1.29, 1.82) is 0 Å². The molecule has 7 heavy (non-hydrogen) atoms. The molecule has 1 aliphatic heterocycles. The molecule has 0 aromatic heterocycles. The molecule has 1 rings (SSSR count). The second kappa shape index (κ2) is 1.69. The van der Waals surface area contributed by atoms with E-state index in [2.05, 4.69) is 4.99 Å². The number of hydrogen-bond acceptors (Lipinski definition) is 1. The molecule has 0 atom stereocenters. The van der Waals surface area contributed by atoms with E-state index >= 15 is 0 Å². The minimum atomic E-state index is 0.0718. The third-order valence-electron chi connectivity index (χ3n) is 0.780. The van der Waals surface area contributed by atoms with Gasteiger partial charge in [0.05, 0.1) is 6.42 Å². The quantitative estimate of drug-likeness (QED) is 0.396. The Labute approximate surface area is 41.6 Å². The van der Waals surface area contributed by atoms with Crippen molar-refractivity contribution < 1.29 is 9.79 Å². The molecule has 2 heteroatoms. The van der Waals surface area contributed by atoms with Crippen LogP contribution in [0, 0.1) is 0 Å². The molecule has 1 heterocycles. The predicted molar refractivity (Wildman–Crippen MR) is 25.8 cm³/mol. The lowest BCUT2D eigenvalue weighted by atomic mass is 10.3. The largest absolute Gasteiger partial charge is 0.389 e. The van der Waals surface area contributed by atoms with Gasteiger partial charge in [0.2, 0.25) is 0 Å². The zero-order valence-electron chi connectivity index (χ0n) is 3.85. The first-order valence-corrected chi connectivity index (χ1v) is 2.17. The lowest BCUT2D eigenvalue weighted by Crippen LogP contribution is -2.74. The van der Waals surface area contributed by atoms with Crippen LogP contribution in [-0.2, 0) is 4.79 Å². The first-order chi connectivity index (χ1) is 3.39. The Morgan fingerprint density at radius 1 is 1.71 bits per heavy atom. The lowest BCUT2D eigenvalue weighted by molar-refractivity contribution is -0.372. The maximum atomic E-state index is 10.3. The average molecular weight is 96.1 g/mol. The van der Waals surface area contributed by atoms with Crippen molar-refractivity contribution >= 4 is 12.1 Å². The van der Waals surface area contributed by atoms with Gasteiger partial charge in [-0.05, 0) is 6.08 Å². The topological polar surface area (TPSA) is 31.0 Å². The number of carbonyl (C=O) groups is 1. The Balaban J connectivity index is 2.66. The zero-order valence-corrected chi connectivity index (χ0v) is 3.85. The summed E-state index contributed by atoms with van der Waals surface area (Å²) >= 11 is 0. The summed E-state index contributed by atoms with van der Waals surface area (Å²) in [7, 11) is 0. The van der Waals surface area contributed by atoms with Crippen LogP contribution in [0.15, 0.2) is 12.2 Å². The van der Waals surface area contributed by atoms with Gasteiger partial charge in [-0.1, -0.05) is 6.08 Å². The number of amides is 1. The van der Waals surface area contributed by atoms with Crippen molar-refractivity contribution in [3.8, 4) is 0 Å². The summed E-state index contributed by atoms with van der Waals surface area (Å²) in [5, 5.41) is 0. The summed E-state index contributed by atoms with van der Waals surface area (Å²) in [5.74, 6) is 0.0718. The number of nitrogens with one attached hydrogen (secondary N) is 1. The van der Waals surface area contributed by atoms with E-state index < -0.39 is 0 Å². The standard InChI is InChI=1S/C5H5NO/c7-5-3-1-2-4-6-5/h1-2,4H,3H2/p+1. The molecule has 0 saturated heterocycles. The van der Waals surface area contributed by atoms with Crippen LogP contribution in [0.25, 0.3) is 0 Å². The minimum Gasteiger partial charge on any atom is -0.219 e. The fraction of sp³-hybridized carbons (Fsp3) is 0.200. The smallest absolute Gasteiger partial charge is 0.219 e. The van der Waals surface area contributed by atoms with E-state index in [-0.39, 0.29) is 5.91 Å². The van der Waals surface area contributed by atoms with Crippen molar-refractivity contribution in [2.75, 3.05) is 0 Å². The molecule has 1 N–H and O–H groups in total. The maximum Gasteiger partial charge on any atom is 0.389 e.